The van der Waals surface area contributed by atoms with Crippen LogP contribution in [0.15, 0.2) is 46.3 Å². The number of fused-ring (bicyclic) bond motifs is 5. The summed E-state index contributed by atoms with van der Waals surface area (Å²) in [6, 6.07) is 11.5. The molecule has 2 aliphatic heterocycles. The minimum atomic E-state index is -0.576. The van der Waals surface area contributed by atoms with Crippen LogP contribution in [0.3, 0.4) is 0 Å². The van der Waals surface area contributed by atoms with Gasteiger partial charge in [0.1, 0.15) is 5.75 Å². The minimum Gasteiger partial charge on any atom is -0.496 e. The third-order valence-electron chi connectivity index (χ3n) is 6.20. The molecule has 2 aromatic rings. The number of nitrogens with zero attached hydrogens (tertiary/aromatic N) is 3. The lowest BCUT2D eigenvalue weighted by Gasteiger charge is -2.31. The topological polar surface area (TPSA) is 85.2 Å². The van der Waals surface area contributed by atoms with Gasteiger partial charge in [0.2, 0.25) is 0 Å². The Balaban J connectivity index is 1.52. The molecule has 2 unspecified atom stereocenters. The van der Waals surface area contributed by atoms with Crippen LogP contribution in [-0.4, -0.2) is 48.6 Å². The normalized spacial score (nSPS) is 20.4. The lowest BCUT2D eigenvalue weighted by Crippen LogP contribution is -2.37. The lowest BCUT2D eigenvalue weighted by atomic mass is 9.98. The van der Waals surface area contributed by atoms with Crippen molar-refractivity contribution >= 4 is 12.3 Å². The van der Waals surface area contributed by atoms with Crippen molar-refractivity contribution in [3.63, 3.8) is 0 Å². The quantitative estimate of drug-likeness (QED) is 0.554. The monoisotopic (exact) mass is 438 g/mol. The molecule has 1 aromatic heterocycles. The molecule has 8 heteroatoms. The maximum Gasteiger partial charge on any atom is 0.427 e. The molecular weight excluding hydrogens is 408 g/mol. The van der Waals surface area contributed by atoms with E-state index in [1.165, 1.54) is 0 Å². The van der Waals surface area contributed by atoms with Crippen molar-refractivity contribution in [2.45, 2.75) is 38.8 Å². The maximum atomic E-state index is 12.4. The zero-order chi connectivity index (χ0) is 22.5. The first-order valence-corrected chi connectivity index (χ1v) is 11.1. The Morgan fingerprint density at radius 3 is 2.91 bits per heavy atom. The number of hydrogen-bond acceptors (Lipinski definition) is 6. The van der Waals surface area contributed by atoms with E-state index in [0.29, 0.717) is 18.4 Å². The molecule has 170 valence electrons. The Labute approximate surface area is 187 Å². The number of benzene rings is 1. The Morgan fingerprint density at radius 2 is 2.09 bits per heavy atom. The summed E-state index contributed by atoms with van der Waals surface area (Å²) in [5.41, 5.74) is 5.55. The van der Waals surface area contributed by atoms with Crippen LogP contribution in [0, 0.1) is 5.92 Å². The highest BCUT2D eigenvalue weighted by Crippen LogP contribution is 2.34. The van der Waals surface area contributed by atoms with Crippen LogP contribution >= 0.6 is 0 Å². The summed E-state index contributed by atoms with van der Waals surface area (Å²) in [6.07, 6.45) is 3.26. The fourth-order valence-corrected chi connectivity index (χ4v) is 4.80. The number of rotatable bonds is 6. The van der Waals surface area contributed by atoms with Crippen LogP contribution in [0.5, 0.6) is 5.75 Å². The van der Waals surface area contributed by atoms with Crippen LogP contribution in [0.25, 0.3) is 0 Å². The molecule has 0 aliphatic carbocycles. The van der Waals surface area contributed by atoms with E-state index >= 15 is 0 Å². The number of hydrazone groups is 1. The van der Waals surface area contributed by atoms with Crippen molar-refractivity contribution < 1.29 is 14.3 Å². The van der Waals surface area contributed by atoms with E-state index in [0.717, 1.165) is 61.6 Å². The van der Waals surface area contributed by atoms with E-state index in [4.69, 9.17) is 9.47 Å². The highest BCUT2D eigenvalue weighted by atomic mass is 16.5. The standard InChI is InChI=1S/C24H30N4O4/c1-3-32-24(30)26-25-12-17-8-10-22(31-2)20(11-17)16-27-13-18-7-9-19(15-27)21-5-4-6-23(29)28(21)14-18/h4-6,8,10-12,18-19H,3,7,9,13-16H2,1-2H3,(H,26,30). The predicted octanol–water partition coefficient (Wildman–Crippen LogP) is 2.95. The SMILES string of the molecule is CCOC(=O)NN=Cc1ccc(OC)c(CN2CC3CCC(C2)c2cccc(=O)n2C3)c1. The van der Waals surface area contributed by atoms with Gasteiger partial charge in [0.15, 0.2) is 0 Å². The molecule has 0 radical (unpaired) electrons. The van der Waals surface area contributed by atoms with Gasteiger partial charge in [-0.15, -0.1) is 0 Å². The summed E-state index contributed by atoms with van der Waals surface area (Å²) in [7, 11) is 1.68. The van der Waals surface area contributed by atoms with Crippen molar-refractivity contribution in [2.75, 3.05) is 26.8 Å². The first-order valence-electron chi connectivity index (χ1n) is 11.1. The number of ether oxygens (including phenoxy) is 2. The lowest BCUT2D eigenvalue weighted by molar-refractivity contribution is 0.152. The Morgan fingerprint density at radius 1 is 1.22 bits per heavy atom. The van der Waals surface area contributed by atoms with Crippen molar-refractivity contribution in [2.24, 2.45) is 11.0 Å². The third-order valence-corrected chi connectivity index (χ3v) is 6.20. The number of likely N-dealkylation sites (tertiary alicyclic amines) is 1. The largest absolute Gasteiger partial charge is 0.496 e. The van der Waals surface area contributed by atoms with Crippen molar-refractivity contribution in [3.8, 4) is 5.75 Å². The van der Waals surface area contributed by atoms with Gasteiger partial charge in [-0.3, -0.25) is 9.69 Å². The smallest absolute Gasteiger partial charge is 0.427 e. The predicted molar refractivity (Wildman–Crippen MR) is 122 cm³/mol. The van der Waals surface area contributed by atoms with Crippen LogP contribution in [0.4, 0.5) is 4.79 Å². The third kappa shape index (κ3) is 5.02. The van der Waals surface area contributed by atoms with Crippen molar-refractivity contribution in [1.29, 1.82) is 0 Å². The second-order valence-electron chi connectivity index (χ2n) is 8.40. The van der Waals surface area contributed by atoms with Gasteiger partial charge in [-0.25, -0.2) is 10.2 Å². The van der Waals surface area contributed by atoms with Gasteiger partial charge in [-0.2, -0.15) is 5.10 Å². The fraction of sp³-hybridized carbons (Fsp3) is 0.458. The number of carbonyl (C=O) groups is 1. The van der Waals surface area contributed by atoms with Crippen LogP contribution in [0.2, 0.25) is 0 Å². The van der Waals surface area contributed by atoms with Crippen LogP contribution in [0.1, 0.15) is 42.5 Å². The van der Waals surface area contributed by atoms with Crippen LogP contribution in [-0.2, 0) is 17.8 Å². The summed E-state index contributed by atoms with van der Waals surface area (Å²) < 4.78 is 12.4. The van der Waals surface area contributed by atoms with Gasteiger partial charge < -0.3 is 14.0 Å². The zero-order valence-electron chi connectivity index (χ0n) is 18.6. The van der Waals surface area contributed by atoms with Gasteiger partial charge in [0.05, 0.1) is 19.9 Å². The highest BCUT2D eigenvalue weighted by Gasteiger charge is 2.31. The molecule has 2 bridgehead atoms. The van der Waals surface area contributed by atoms with Crippen molar-refractivity contribution in [3.05, 3.63) is 63.6 Å². The number of amides is 1. The molecule has 0 spiro atoms. The molecule has 1 aromatic carbocycles. The van der Waals surface area contributed by atoms with E-state index in [1.54, 1.807) is 26.3 Å². The highest BCUT2D eigenvalue weighted by molar-refractivity contribution is 5.81. The number of aromatic nitrogens is 1. The molecule has 1 N–H and O–H groups in total. The summed E-state index contributed by atoms with van der Waals surface area (Å²) in [5.74, 6) is 1.62. The van der Waals surface area contributed by atoms with Crippen LogP contribution < -0.4 is 15.7 Å². The van der Waals surface area contributed by atoms with Gasteiger partial charge >= 0.3 is 6.09 Å². The van der Waals surface area contributed by atoms with Gasteiger partial charge in [0.25, 0.3) is 5.56 Å². The molecule has 32 heavy (non-hydrogen) atoms. The number of nitrogens with one attached hydrogen (secondary N) is 1. The average molecular weight is 439 g/mol. The fourth-order valence-electron chi connectivity index (χ4n) is 4.80. The molecule has 1 amide bonds. The first kappa shape index (κ1) is 22.1. The molecule has 1 fully saturated rings. The molecule has 1 saturated heterocycles. The Hall–Kier alpha value is -3.13. The second-order valence-corrected chi connectivity index (χ2v) is 8.40. The molecule has 8 nitrogen and oxygen atoms in total. The number of pyridine rings is 1. The Kier molecular flexibility index (Phi) is 6.90. The van der Waals surface area contributed by atoms with E-state index in [1.807, 2.05) is 28.8 Å². The summed E-state index contributed by atoms with van der Waals surface area (Å²) in [5, 5.41) is 3.96. The number of carbonyl (C=O) groups excluding carboxylic acids is 1. The molecule has 3 heterocycles. The summed E-state index contributed by atoms with van der Waals surface area (Å²) >= 11 is 0. The van der Waals surface area contributed by atoms with Gasteiger partial charge in [-0.1, -0.05) is 6.07 Å². The molecule has 2 aliphatic rings. The summed E-state index contributed by atoms with van der Waals surface area (Å²) in [4.78, 5) is 26.3. The van der Waals surface area contributed by atoms with Gasteiger partial charge in [0, 0.05) is 49.4 Å². The van der Waals surface area contributed by atoms with E-state index in [-0.39, 0.29) is 5.56 Å². The Bertz CT molecular complexity index is 1050. The number of hydrogen-bond donors (Lipinski definition) is 1. The molecular formula is C24H30N4O4. The molecule has 4 rings (SSSR count). The first-order chi connectivity index (χ1) is 15.6. The molecule has 0 saturated carbocycles. The minimum absolute atomic E-state index is 0.109. The van der Waals surface area contributed by atoms with E-state index < -0.39 is 6.09 Å². The summed E-state index contributed by atoms with van der Waals surface area (Å²) in [6.45, 7) is 5.43. The zero-order valence-corrected chi connectivity index (χ0v) is 18.6. The van der Waals surface area contributed by atoms with E-state index in [9.17, 15) is 9.59 Å². The maximum absolute atomic E-state index is 12.4. The average Bonchev–Trinajstić information content (AvgIpc) is 3.07. The van der Waals surface area contributed by atoms with E-state index in [2.05, 4.69) is 21.5 Å². The van der Waals surface area contributed by atoms with Gasteiger partial charge in [-0.05, 0) is 55.5 Å². The molecule has 2 atom stereocenters. The van der Waals surface area contributed by atoms with Crippen molar-refractivity contribution in [1.82, 2.24) is 14.9 Å². The number of methoxy groups -OCH3 is 1. The second kappa shape index (κ2) is 9.99.